The number of piperidine rings is 1. The number of hydrogen-bond acceptors (Lipinski definition) is 3. The maximum absolute atomic E-state index is 13.6. The van der Waals surface area contributed by atoms with Crippen LogP contribution in [-0.2, 0) is 6.42 Å². The minimum atomic E-state index is -0.313. The van der Waals surface area contributed by atoms with Gasteiger partial charge in [0, 0.05) is 5.54 Å². The van der Waals surface area contributed by atoms with Crippen LogP contribution in [0.4, 0.5) is 4.39 Å². The zero-order valence-electron chi connectivity index (χ0n) is 11.1. The van der Waals surface area contributed by atoms with Crippen molar-refractivity contribution in [2.75, 3.05) is 27.2 Å². The van der Waals surface area contributed by atoms with Crippen LogP contribution in [0.15, 0.2) is 18.2 Å². The number of likely N-dealkylation sites (tertiary alicyclic amines) is 1. The van der Waals surface area contributed by atoms with Gasteiger partial charge in [0.15, 0.2) is 11.6 Å². The van der Waals surface area contributed by atoms with Crippen molar-refractivity contribution in [2.45, 2.75) is 24.8 Å². The first-order valence-corrected chi connectivity index (χ1v) is 6.32. The smallest absolute Gasteiger partial charge is 0.165 e. The first kappa shape index (κ1) is 13.3. The molecule has 2 rings (SSSR count). The molecular formula is C14H21FN2O. The Hall–Kier alpha value is -1.13. The molecule has 0 spiro atoms. The van der Waals surface area contributed by atoms with E-state index < -0.39 is 0 Å². The molecule has 0 bridgehead atoms. The van der Waals surface area contributed by atoms with Crippen LogP contribution in [0.5, 0.6) is 5.75 Å². The van der Waals surface area contributed by atoms with Gasteiger partial charge in [-0.2, -0.15) is 0 Å². The Morgan fingerprint density at radius 2 is 2.06 bits per heavy atom. The maximum atomic E-state index is 13.6. The molecule has 0 unspecified atom stereocenters. The zero-order valence-corrected chi connectivity index (χ0v) is 11.1. The predicted molar refractivity (Wildman–Crippen MR) is 70.3 cm³/mol. The molecule has 0 aromatic heterocycles. The van der Waals surface area contributed by atoms with Gasteiger partial charge in [-0.25, -0.2) is 4.39 Å². The van der Waals surface area contributed by atoms with E-state index in [0.717, 1.165) is 37.9 Å². The molecule has 1 aliphatic heterocycles. The molecule has 1 saturated heterocycles. The highest BCUT2D eigenvalue weighted by atomic mass is 19.1. The first-order chi connectivity index (χ1) is 8.52. The number of nitrogens with zero attached hydrogens (tertiary/aromatic N) is 1. The molecule has 0 amide bonds. The molecule has 1 fully saturated rings. The minimum Gasteiger partial charge on any atom is -0.494 e. The summed E-state index contributed by atoms with van der Waals surface area (Å²) in [5.41, 5.74) is 7.14. The van der Waals surface area contributed by atoms with Gasteiger partial charge in [-0.1, -0.05) is 6.07 Å². The fourth-order valence-electron chi connectivity index (χ4n) is 2.47. The summed E-state index contributed by atoms with van der Waals surface area (Å²) in [5, 5.41) is 0. The molecule has 1 heterocycles. The lowest BCUT2D eigenvalue weighted by atomic mass is 9.83. The van der Waals surface area contributed by atoms with Gasteiger partial charge in [0.2, 0.25) is 0 Å². The van der Waals surface area contributed by atoms with Crippen molar-refractivity contribution in [3.63, 3.8) is 0 Å². The lowest BCUT2D eigenvalue weighted by Gasteiger charge is -2.37. The van der Waals surface area contributed by atoms with Crippen molar-refractivity contribution in [1.82, 2.24) is 4.90 Å². The van der Waals surface area contributed by atoms with Gasteiger partial charge in [-0.3, -0.25) is 0 Å². The molecule has 0 radical (unpaired) electrons. The molecule has 0 aliphatic carbocycles. The van der Waals surface area contributed by atoms with Crippen LogP contribution in [0, 0.1) is 5.82 Å². The summed E-state index contributed by atoms with van der Waals surface area (Å²) in [6.07, 6.45) is 2.63. The maximum Gasteiger partial charge on any atom is 0.165 e. The number of halogens is 1. The second-order valence-electron chi connectivity index (χ2n) is 5.31. The lowest BCUT2D eigenvalue weighted by Crippen LogP contribution is -2.50. The molecule has 4 heteroatoms. The minimum absolute atomic E-state index is 0.201. The molecule has 100 valence electrons. The molecule has 2 N–H and O–H groups in total. The van der Waals surface area contributed by atoms with Crippen LogP contribution < -0.4 is 10.5 Å². The molecular weight excluding hydrogens is 231 g/mol. The largest absolute Gasteiger partial charge is 0.494 e. The van der Waals surface area contributed by atoms with Crippen LogP contribution >= 0.6 is 0 Å². The molecule has 18 heavy (non-hydrogen) atoms. The Bertz CT molecular complexity index is 414. The highest BCUT2D eigenvalue weighted by Crippen LogP contribution is 2.25. The highest BCUT2D eigenvalue weighted by Gasteiger charge is 2.29. The topological polar surface area (TPSA) is 38.5 Å². The van der Waals surface area contributed by atoms with Gasteiger partial charge < -0.3 is 15.4 Å². The number of rotatable bonds is 3. The van der Waals surface area contributed by atoms with E-state index in [2.05, 4.69) is 11.9 Å². The summed E-state index contributed by atoms with van der Waals surface area (Å²) >= 11 is 0. The molecule has 0 atom stereocenters. The summed E-state index contributed by atoms with van der Waals surface area (Å²) in [6, 6.07) is 5.10. The van der Waals surface area contributed by atoms with Crippen LogP contribution in [-0.4, -0.2) is 37.7 Å². The molecule has 1 aliphatic rings. The van der Waals surface area contributed by atoms with Crippen LogP contribution in [0.1, 0.15) is 18.4 Å². The second-order valence-corrected chi connectivity index (χ2v) is 5.31. The Labute approximate surface area is 108 Å². The van der Waals surface area contributed by atoms with Crippen LogP contribution in [0.25, 0.3) is 0 Å². The van der Waals surface area contributed by atoms with E-state index in [-0.39, 0.29) is 17.1 Å². The van der Waals surface area contributed by atoms with Crippen molar-refractivity contribution < 1.29 is 9.13 Å². The first-order valence-electron chi connectivity index (χ1n) is 6.32. The van der Waals surface area contributed by atoms with Crippen molar-refractivity contribution in [2.24, 2.45) is 5.73 Å². The van der Waals surface area contributed by atoms with E-state index in [1.807, 2.05) is 6.07 Å². The van der Waals surface area contributed by atoms with E-state index in [1.165, 1.54) is 13.2 Å². The van der Waals surface area contributed by atoms with E-state index in [4.69, 9.17) is 10.5 Å². The highest BCUT2D eigenvalue weighted by molar-refractivity contribution is 5.30. The predicted octanol–water partition coefficient (Wildman–Crippen LogP) is 1.80. The third-order valence-corrected chi connectivity index (χ3v) is 3.76. The third-order valence-electron chi connectivity index (χ3n) is 3.76. The Morgan fingerprint density at radius 3 is 2.61 bits per heavy atom. The van der Waals surface area contributed by atoms with Gasteiger partial charge in [-0.15, -0.1) is 0 Å². The van der Waals surface area contributed by atoms with Gasteiger partial charge in [0.05, 0.1) is 7.11 Å². The standard InChI is InChI=1S/C14H21FN2O/c1-17-7-5-14(16,6-8-17)10-11-3-4-13(18-2)12(15)9-11/h3-4,9H,5-8,10,16H2,1-2H3. The normalized spacial score (nSPS) is 19.8. The van der Waals surface area contributed by atoms with Gasteiger partial charge in [0.1, 0.15) is 0 Å². The number of nitrogens with two attached hydrogens (primary N) is 1. The van der Waals surface area contributed by atoms with E-state index >= 15 is 0 Å². The van der Waals surface area contributed by atoms with Crippen molar-refractivity contribution in [3.8, 4) is 5.75 Å². The monoisotopic (exact) mass is 252 g/mol. The Balaban J connectivity index is 2.07. The number of benzene rings is 1. The SMILES string of the molecule is COc1ccc(CC2(N)CCN(C)CC2)cc1F. The van der Waals surface area contributed by atoms with E-state index in [1.54, 1.807) is 6.07 Å². The summed E-state index contributed by atoms with van der Waals surface area (Å²) in [6.45, 7) is 2.02. The summed E-state index contributed by atoms with van der Waals surface area (Å²) in [5.74, 6) is -0.0280. The average Bonchev–Trinajstić information content (AvgIpc) is 2.34. The zero-order chi connectivity index (χ0) is 13.2. The Kier molecular flexibility index (Phi) is 3.88. The molecule has 1 aromatic rings. The summed E-state index contributed by atoms with van der Waals surface area (Å²) in [7, 11) is 3.58. The Morgan fingerprint density at radius 1 is 1.39 bits per heavy atom. The molecule has 3 nitrogen and oxygen atoms in total. The second kappa shape index (κ2) is 5.24. The van der Waals surface area contributed by atoms with Gasteiger partial charge in [-0.05, 0) is 57.1 Å². The fraction of sp³-hybridized carbons (Fsp3) is 0.571. The van der Waals surface area contributed by atoms with Crippen molar-refractivity contribution in [3.05, 3.63) is 29.6 Å². The van der Waals surface area contributed by atoms with Crippen LogP contribution in [0.2, 0.25) is 0 Å². The average molecular weight is 252 g/mol. The number of hydrogen-bond donors (Lipinski definition) is 1. The van der Waals surface area contributed by atoms with Crippen molar-refractivity contribution in [1.29, 1.82) is 0 Å². The third kappa shape index (κ3) is 3.00. The van der Waals surface area contributed by atoms with Gasteiger partial charge in [0.25, 0.3) is 0 Å². The fourth-order valence-corrected chi connectivity index (χ4v) is 2.47. The molecule has 0 saturated carbocycles. The summed E-state index contributed by atoms with van der Waals surface area (Å²) < 4.78 is 18.5. The van der Waals surface area contributed by atoms with Crippen molar-refractivity contribution >= 4 is 0 Å². The quantitative estimate of drug-likeness (QED) is 0.891. The van der Waals surface area contributed by atoms with E-state index in [0.29, 0.717) is 0 Å². The van der Waals surface area contributed by atoms with E-state index in [9.17, 15) is 4.39 Å². The molecule has 1 aromatic carbocycles. The summed E-state index contributed by atoms with van der Waals surface area (Å²) in [4.78, 5) is 2.28. The lowest BCUT2D eigenvalue weighted by molar-refractivity contribution is 0.190. The van der Waals surface area contributed by atoms with Crippen LogP contribution in [0.3, 0.4) is 0 Å². The van der Waals surface area contributed by atoms with Gasteiger partial charge >= 0.3 is 0 Å². The number of methoxy groups -OCH3 is 1. The number of ether oxygens (including phenoxy) is 1.